The first kappa shape index (κ1) is 12.2. The van der Waals surface area contributed by atoms with Crippen LogP contribution in [0.4, 0.5) is 5.69 Å². The van der Waals surface area contributed by atoms with Gasteiger partial charge in [-0.15, -0.1) is 11.3 Å². The van der Waals surface area contributed by atoms with E-state index in [2.05, 4.69) is 15.4 Å². The summed E-state index contributed by atoms with van der Waals surface area (Å²) in [6.45, 7) is 0.720. The van der Waals surface area contributed by atoms with Crippen LogP contribution in [0.15, 0.2) is 48.9 Å². The van der Waals surface area contributed by atoms with Crippen molar-refractivity contribution in [3.05, 3.63) is 58.1 Å². The van der Waals surface area contributed by atoms with Gasteiger partial charge in [0.2, 0.25) is 0 Å². The van der Waals surface area contributed by atoms with E-state index < -0.39 is 0 Å². The predicted molar refractivity (Wildman–Crippen MR) is 78.0 cm³/mol. The van der Waals surface area contributed by atoms with Crippen LogP contribution in [0.1, 0.15) is 4.88 Å². The van der Waals surface area contributed by atoms with E-state index in [0.29, 0.717) is 0 Å². The van der Waals surface area contributed by atoms with Gasteiger partial charge in [-0.05, 0) is 30.3 Å². The van der Waals surface area contributed by atoms with Crippen LogP contribution in [0, 0.1) is 0 Å². The van der Waals surface area contributed by atoms with Crippen molar-refractivity contribution in [2.24, 2.45) is 0 Å². The quantitative estimate of drug-likeness (QED) is 0.798. The highest BCUT2D eigenvalue weighted by Gasteiger charge is 2.06. The number of hydrogen-bond acceptors (Lipinski definition) is 4. The van der Waals surface area contributed by atoms with Crippen molar-refractivity contribution in [1.29, 1.82) is 0 Å². The lowest BCUT2D eigenvalue weighted by atomic mass is 10.3. The summed E-state index contributed by atoms with van der Waals surface area (Å²) >= 11 is 7.49. The number of aromatic nitrogens is 3. The second-order valence-electron chi connectivity index (χ2n) is 3.88. The molecule has 0 bridgehead atoms. The highest BCUT2D eigenvalue weighted by atomic mass is 35.5. The van der Waals surface area contributed by atoms with Crippen LogP contribution in [-0.2, 0) is 6.54 Å². The topological polar surface area (TPSA) is 42.7 Å². The Labute approximate surface area is 119 Å². The molecule has 6 heteroatoms. The van der Waals surface area contributed by atoms with Crippen molar-refractivity contribution in [1.82, 2.24) is 14.8 Å². The third-order valence-corrected chi connectivity index (χ3v) is 3.82. The van der Waals surface area contributed by atoms with Gasteiger partial charge < -0.3 is 5.32 Å². The van der Waals surface area contributed by atoms with E-state index in [1.54, 1.807) is 28.4 Å². The highest BCUT2D eigenvalue weighted by molar-refractivity contribution is 7.16. The summed E-state index contributed by atoms with van der Waals surface area (Å²) in [7, 11) is 0. The lowest BCUT2D eigenvalue weighted by Gasteiger charge is -2.09. The average Bonchev–Trinajstić information content (AvgIpc) is 3.08. The second-order valence-corrected chi connectivity index (χ2v) is 5.68. The van der Waals surface area contributed by atoms with Crippen molar-refractivity contribution in [2.45, 2.75) is 6.54 Å². The van der Waals surface area contributed by atoms with E-state index in [1.165, 1.54) is 4.88 Å². The zero-order valence-corrected chi connectivity index (χ0v) is 11.5. The summed E-state index contributed by atoms with van der Waals surface area (Å²) in [6.07, 6.45) is 5.36. The standard InChI is InChI=1S/C13H11ClN4S/c14-12-5-4-10(19-12)9-16-11-3-1-6-15-13(11)18-8-2-7-17-18/h1-8,16H,9H2. The summed E-state index contributed by atoms with van der Waals surface area (Å²) in [5, 5.41) is 7.56. The molecule has 3 aromatic rings. The Morgan fingerprint density at radius 3 is 2.89 bits per heavy atom. The number of nitrogens with zero attached hydrogens (tertiary/aromatic N) is 3. The van der Waals surface area contributed by atoms with Crippen LogP contribution in [0.5, 0.6) is 0 Å². The van der Waals surface area contributed by atoms with E-state index in [4.69, 9.17) is 11.6 Å². The molecule has 0 aliphatic carbocycles. The Balaban J connectivity index is 1.81. The molecule has 0 radical (unpaired) electrons. The minimum Gasteiger partial charge on any atom is -0.377 e. The van der Waals surface area contributed by atoms with Crippen molar-refractivity contribution in [3.63, 3.8) is 0 Å². The van der Waals surface area contributed by atoms with Crippen LogP contribution < -0.4 is 5.32 Å². The lowest BCUT2D eigenvalue weighted by molar-refractivity contribution is 0.846. The van der Waals surface area contributed by atoms with Gasteiger partial charge in [0.15, 0.2) is 5.82 Å². The van der Waals surface area contributed by atoms with Crippen LogP contribution in [0.3, 0.4) is 0 Å². The molecule has 1 N–H and O–H groups in total. The van der Waals surface area contributed by atoms with Crippen LogP contribution in [0.2, 0.25) is 4.34 Å². The highest BCUT2D eigenvalue weighted by Crippen LogP contribution is 2.23. The average molecular weight is 291 g/mol. The number of halogens is 1. The molecule has 0 saturated carbocycles. The molecule has 0 atom stereocenters. The van der Waals surface area contributed by atoms with Gasteiger partial charge in [-0.2, -0.15) is 5.10 Å². The molecular formula is C13H11ClN4S. The van der Waals surface area contributed by atoms with Gasteiger partial charge in [0, 0.05) is 30.0 Å². The summed E-state index contributed by atoms with van der Waals surface area (Å²) < 4.78 is 2.54. The van der Waals surface area contributed by atoms with Crippen molar-refractivity contribution in [2.75, 3.05) is 5.32 Å². The molecular weight excluding hydrogens is 280 g/mol. The van der Waals surface area contributed by atoms with E-state index >= 15 is 0 Å². The largest absolute Gasteiger partial charge is 0.377 e. The van der Waals surface area contributed by atoms with Gasteiger partial charge in [0.1, 0.15) is 0 Å². The first-order valence-electron chi connectivity index (χ1n) is 5.76. The lowest BCUT2D eigenvalue weighted by Crippen LogP contribution is -2.05. The van der Waals surface area contributed by atoms with Gasteiger partial charge in [-0.3, -0.25) is 0 Å². The first-order chi connectivity index (χ1) is 9.33. The predicted octanol–water partition coefficient (Wildman–Crippen LogP) is 3.59. The minimum absolute atomic E-state index is 0.720. The Hall–Kier alpha value is -1.85. The summed E-state index contributed by atoms with van der Waals surface area (Å²) in [5.41, 5.74) is 0.940. The zero-order chi connectivity index (χ0) is 13.1. The molecule has 0 unspecified atom stereocenters. The van der Waals surface area contributed by atoms with E-state index in [-0.39, 0.29) is 0 Å². The smallest absolute Gasteiger partial charge is 0.176 e. The summed E-state index contributed by atoms with van der Waals surface area (Å²) in [4.78, 5) is 5.53. The van der Waals surface area contributed by atoms with Gasteiger partial charge in [0.05, 0.1) is 10.0 Å². The third-order valence-electron chi connectivity index (χ3n) is 2.59. The molecule has 4 nitrogen and oxygen atoms in total. The molecule has 0 aliphatic heterocycles. The molecule has 0 fully saturated rings. The fraction of sp³-hybridized carbons (Fsp3) is 0.0769. The first-order valence-corrected chi connectivity index (χ1v) is 6.95. The Morgan fingerprint density at radius 1 is 1.21 bits per heavy atom. The number of thiophene rings is 1. The van der Waals surface area contributed by atoms with Crippen molar-refractivity contribution < 1.29 is 0 Å². The maximum atomic E-state index is 5.92. The number of nitrogens with one attached hydrogen (secondary N) is 1. The molecule has 3 rings (SSSR count). The monoisotopic (exact) mass is 290 g/mol. The molecule has 0 saturated heterocycles. The normalized spacial score (nSPS) is 10.6. The molecule has 3 heterocycles. The SMILES string of the molecule is Clc1ccc(CNc2cccnc2-n2cccn2)s1. The van der Waals surface area contributed by atoms with Crippen molar-refractivity contribution in [3.8, 4) is 5.82 Å². The maximum Gasteiger partial charge on any atom is 0.176 e. The molecule has 0 aliphatic rings. The zero-order valence-electron chi connectivity index (χ0n) is 9.95. The Morgan fingerprint density at radius 2 is 2.16 bits per heavy atom. The fourth-order valence-electron chi connectivity index (χ4n) is 1.74. The second kappa shape index (κ2) is 5.42. The van der Waals surface area contributed by atoms with Gasteiger partial charge in [-0.1, -0.05) is 11.6 Å². The summed E-state index contributed by atoms with van der Waals surface area (Å²) in [5.74, 6) is 0.787. The molecule has 0 spiro atoms. The number of rotatable bonds is 4. The number of hydrogen-bond donors (Lipinski definition) is 1. The van der Waals surface area contributed by atoms with Gasteiger partial charge in [0.25, 0.3) is 0 Å². The third kappa shape index (κ3) is 2.77. The molecule has 0 aromatic carbocycles. The molecule has 0 amide bonds. The summed E-state index contributed by atoms with van der Waals surface area (Å²) in [6, 6.07) is 9.68. The van der Waals surface area contributed by atoms with E-state index in [0.717, 1.165) is 22.4 Å². The molecule has 96 valence electrons. The van der Waals surface area contributed by atoms with Crippen molar-refractivity contribution >= 4 is 28.6 Å². The van der Waals surface area contributed by atoms with Gasteiger partial charge >= 0.3 is 0 Å². The molecule has 19 heavy (non-hydrogen) atoms. The fourth-order valence-corrected chi connectivity index (χ4v) is 2.77. The van der Waals surface area contributed by atoms with Crippen LogP contribution in [0.25, 0.3) is 5.82 Å². The van der Waals surface area contributed by atoms with E-state index in [9.17, 15) is 0 Å². The van der Waals surface area contributed by atoms with E-state index in [1.807, 2.05) is 36.5 Å². The number of anilines is 1. The van der Waals surface area contributed by atoms with Crippen LogP contribution in [-0.4, -0.2) is 14.8 Å². The number of pyridine rings is 1. The van der Waals surface area contributed by atoms with Crippen LogP contribution >= 0.6 is 22.9 Å². The Bertz CT molecular complexity index is 663. The maximum absolute atomic E-state index is 5.92. The Kier molecular flexibility index (Phi) is 3.48. The molecule has 3 aromatic heterocycles. The minimum atomic E-state index is 0.720. The van der Waals surface area contributed by atoms with Gasteiger partial charge in [-0.25, -0.2) is 9.67 Å².